The molecule has 0 aliphatic heterocycles. The highest BCUT2D eigenvalue weighted by molar-refractivity contribution is 5.96. The van der Waals surface area contributed by atoms with Crippen LogP contribution in [0.1, 0.15) is 38.5 Å². The van der Waals surface area contributed by atoms with E-state index in [1.807, 2.05) is 18.2 Å². The first-order valence-electron chi connectivity index (χ1n) is 8.09. The highest BCUT2D eigenvalue weighted by Gasteiger charge is 2.29. The third kappa shape index (κ3) is 4.94. The number of halogens is 1. The fourth-order valence-electron chi connectivity index (χ4n) is 2.97. The molecule has 2 aliphatic rings. The van der Waals surface area contributed by atoms with Gasteiger partial charge >= 0.3 is 0 Å². The van der Waals surface area contributed by atoms with E-state index in [9.17, 15) is 9.59 Å². The van der Waals surface area contributed by atoms with Crippen LogP contribution in [0.5, 0.6) is 0 Å². The van der Waals surface area contributed by atoms with E-state index in [0.717, 1.165) is 49.9 Å². The minimum absolute atomic E-state index is 0. The molecular formula is C17H24ClN3O2. The van der Waals surface area contributed by atoms with E-state index in [4.69, 9.17) is 5.73 Å². The normalized spacial score (nSPS) is 23.5. The number of rotatable bonds is 4. The second-order valence-electron chi connectivity index (χ2n) is 6.46. The maximum Gasteiger partial charge on any atom is 0.227 e. The third-order valence-electron chi connectivity index (χ3n) is 4.43. The van der Waals surface area contributed by atoms with Crippen molar-refractivity contribution in [1.29, 1.82) is 0 Å². The number of carbonyl (C=O) groups excluding carboxylic acids is 2. The molecule has 4 N–H and O–H groups in total. The first-order valence-corrected chi connectivity index (χ1v) is 8.09. The summed E-state index contributed by atoms with van der Waals surface area (Å²) < 4.78 is 0. The molecule has 6 heteroatoms. The van der Waals surface area contributed by atoms with Crippen LogP contribution in [0.2, 0.25) is 0 Å². The van der Waals surface area contributed by atoms with E-state index in [1.54, 1.807) is 6.07 Å². The first kappa shape index (κ1) is 17.8. The molecule has 1 aromatic carbocycles. The van der Waals surface area contributed by atoms with Crippen molar-refractivity contribution in [3.05, 3.63) is 24.3 Å². The molecule has 2 saturated carbocycles. The molecule has 2 aliphatic carbocycles. The molecule has 2 unspecified atom stereocenters. The van der Waals surface area contributed by atoms with Crippen LogP contribution in [0.25, 0.3) is 0 Å². The molecule has 3 rings (SSSR count). The van der Waals surface area contributed by atoms with Crippen molar-refractivity contribution in [3.8, 4) is 0 Å². The second-order valence-corrected chi connectivity index (χ2v) is 6.46. The largest absolute Gasteiger partial charge is 0.328 e. The van der Waals surface area contributed by atoms with Crippen molar-refractivity contribution in [2.45, 2.75) is 44.6 Å². The van der Waals surface area contributed by atoms with Crippen LogP contribution in [-0.2, 0) is 9.59 Å². The summed E-state index contributed by atoms with van der Waals surface area (Å²) in [6, 6.07) is 7.46. The lowest BCUT2D eigenvalue weighted by Crippen LogP contribution is -2.34. The summed E-state index contributed by atoms with van der Waals surface area (Å²) >= 11 is 0. The van der Waals surface area contributed by atoms with E-state index < -0.39 is 0 Å². The molecule has 23 heavy (non-hydrogen) atoms. The number of nitrogens with two attached hydrogens (primary N) is 1. The van der Waals surface area contributed by atoms with Gasteiger partial charge in [0.05, 0.1) is 0 Å². The van der Waals surface area contributed by atoms with E-state index in [2.05, 4.69) is 10.6 Å². The molecule has 5 nitrogen and oxygen atoms in total. The van der Waals surface area contributed by atoms with Crippen LogP contribution in [0, 0.1) is 11.8 Å². The van der Waals surface area contributed by atoms with Gasteiger partial charge in [-0.3, -0.25) is 9.59 Å². The first-order chi connectivity index (χ1) is 10.6. The minimum atomic E-state index is -0.00605. The summed E-state index contributed by atoms with van der Waals surface area (Å²) in [6.45, 7) is 0. The van der Waals surface area contributed by atoms with Gasteiger partial charge in [-0.25, -0.2) is 0 Å². The molecule has 0 radical (unpaired) electrons. The van der Waals surface area contributed by atoms with Crippen molar-refractivity contribution >= 4 is 35.6 Å². The Morgan fingerprint density at radius 2 is 1.57 bits per heavy atom. The molecule has 0 spiro atoms. The van der Waals surface area contributed by atoms with E-state index in [1.165, 1.54) is 0 Å². The lowest BCUT2D eigenvalue weighted by atomic mass is 9.85. The standard InChI is InChI=1S/C17H23N3O2.ClH/c18-13-4-1-3-12(9-13)17(22)20-15-6-2-5-14(10-15)19-16(21)11-7-8-11;/h2,5-6,10-13H,1,3-4,7-9,18H2,(H,19,21)(H,20,22);1H. The number of nitrogens with one attached hydrogen (secondary N) is 2. The molecule has 2 fully saturated rings. The summed E-state index contributed by atoms with van der Waals surface area (Å²) in [5.41, 5.74) is 7.39. The topological polar surface area (TPSA) is 84.2 Å². The van der Waals surface area contributed by atoms with E-state index >= 15 is 0 Å². The van der Waals surface area contributed by atoms with Gasteiger partial charge in [0.2, 0.25) is 11.8 Å². The zero-order valence-corrected chi connectivity index (χ0v) is 13.9. The number of benzene rings is 1. The number of hydrogen-bond acceptors (Lipinski definition) is 3. The highest BCUT2D eigenvalue weighted by atomic mass is 35.5. The third-order valence-corrected chi connectivity index (χ3v) is 4.43. The van der Waals surface area contributed by atoms with Gasteiger partial charge < -0.3 is 16.4 Å². The molecule has 2 amide bonds. The predicted molar refractivity (Wildman–Crippen MR) is 93.6 cm³/mol. The zero-order valence-electron chi connectivity index (χ0n) is 13.1. The van der Waals surface area contributed by atoms with E-state index in [0.29, 0.717) is 0 Å². The van der Waals surface area contributed by atoms with Crippen LogP contribution >= 0.6 is 12.4 Å². The summed E-state index contributed by atoms with van der Waals surface area (Å²) in [5.74, 6) is 0.262. The Hall–Kier alpha value is -1.59. The lowest BCUT2D eigenvalue weighted by Gasteiger charge is -2.25. The molecule has 126 valence electrons. The number of carbonyl (C=O) groups is 2. The maximum atomic E-state index is 12.3. The van der Waals surface area contributed by atoms with Gasteiger partial charge in [0.25, 0.3) is 0 Å². The van der Waals surface area contributed by atoms with E-state index in [-0.39, 0.29) is 42.1 Å². The van der Waals surface area contributed by atoms with Crippen molar-refractivity contribution < 1.29 is 9.59 Å². The fraction of sp³-hybridized carbons (Fsp3) is 0.529. The Bertz CT molecular complexity index is 575. The maximum absolute atomic E-state index is 12.3. The Labute approximate surface area is 142 Å². The van der Waals surface area contributed by atoms with Gasteiger partial charge in [0.15, 0.2) is 0 Å². The monoisotopic (exact) mass is 337 g/mol. The Balaban J connectivity index is 0.00000192. The summed E-state index contributed by atoms with van der Waals surface area (Å²) in [6.07, 6.45) is 5.62. The zero-order chi connectivity index (χ0) is 15.5. The summed E-state index contributed by atoms with van der Waals surface area (Å²) in [7, 11) is 0. The average molecular weight is 338 g/mol. The summed E-state index contributed by atoms with van der Waals surface area (Å²) in [5, 5.41) is 5.84. The minimum Gasteiger partial charge on any atom is -0.328 e. The Morgan fingerprint density at radius 3 is 2.13 bits per heavy atom. The SMILES string of the molecule is Cl.NC1CCCC(C(=O)Nc2cccc(NC(=O)C3CC3)c2)C1. The number of hydrogen-bond donors (Lipinski definition) is 3. The van der Waals surface area contributed by atoms with Crippen molar-refractivity contribution in [2.24, 2.45) is 17.6 Å². The predicted octanol–water partition coefficient (Wildman–Crippen LogP) is 2.91. The lowest BCUT2D eigenvalue weighted by molar-refractivity contribution is -0.121. The number of amides is 2. The van der Waals surface area contributed by atoms with Gasteiger partial charge in [0.1, 0.15) is 0 Å². The smallest absolute Gasteiger partial charge is 0.227 e. The van der Waals surface area contributed by atoms with Crippen LogP contribution in [0.3, 0.4) is 0 Å². The van der Waals surface area contributed by atoms with Crippen molar-refractivity contribution in [1.82, 2.24) is 0 Å². The van der Waals surface area contributed by atoms with Crippen LogP contribution < -0.4 is 16.4 Å². The summed E-state index contributed by atoms with van der Waals surface area (Å²) in [4.78, 5) is 24.1. The van der Waals surface area contributed by atoms with Gasteiger partial charge in [-0.1, -0.05) is 12.5 Å². The second kappa shape index (κ2) is 7.79. The average Bonchev–Trinajstić information content (AvgIpc) is 3.32. The quantitative estimate of drug-likeness (QED) is 0.789. The molecule has 0 aromatic heterocycles. The highest BCUT2D eigenvalue weighted by Crippen LogP contribution is 2.30. The molecular weight excluding hydrogens is 314 g/mol. The molecule has 2 atom stereocenters. The van der Waals surface area contributed by atoms with Gasteiger partial charge in [-0.15, -0.1) is 12.4 Å². The van der Waals surface area contributed by atoms with Crippen molar-refractivity contribution in [3.63, 3.8) is 0 Å². The Morgan fingerprint density at radius 1 is 0.957 bits per heavy atom. The molecule has 0 heterocycles. The van der Waals surface area contributed by atoms with Gasteiger partial charge in [-0.2, -0.15) is 0 Å². The van der Waals surface area contributed by atoms with Crippen molar-refractivity contribution in [2.75, 3.05) is 10.6 Å². The van der Waals surface area contributed by atoms with Gasteiger partial charge in [0, 0.05) is 29.3 Å². The number of anilines is 2. The fourth-order valence-corrected chi connectivity index (χ4v) is 2.97. The van der Waals surface area contributed by atoms with Crippen LogP contribution in [-0.4, -0.2) is 17.9 Å². The Kier molecular flexibility index (Phi) is 6.02. The van der Waals surface area contributed by atoms with Gasteiger partial charge in [-0.05, 0) is 50.3 Å². The molecule has 0 bridgehead atoms. The van der Waals surface area contributed by atoms with Crippen LogP contribution in [0.15, 0.2) is 24.3 Å². The van der Waals surface area contributed by atoms with Crippen LogP contribution in [0.4, 0.5) is 11.4 Å². The molecule has 0 saturated heterocycles. The molecule has 1 aromatic rings.